The van der Waals surface area contributed by atoms with E-state index in [9.17, 15) is 0 Å². The number of benzene rings is 1. The molecule has 3 nitrogen and oxygen atoms in total. The Morgan fingerprint density at radius 3 is 3.12 bits per heavy atom. The maximum Gasteiger partial charge on any atom is 0.0794 e. The number of nitrogen functional groups attached to an aromatic ring is 1. The Morgan fingerprint density at radius 1 is 1.47 bits per heavy atom. The Hall–Kier alpha value is -1.55. The van der Waals surface area contributed by atoms with Crippen molar-refractivity contribution >= 4 is 22.7 Å². The second-order valence-corrected chi connectivity index (χ2v) is 5.45. The Bertz CT molecular complexity index is 534. The summed E-state index contributed by atoms with van der Waals surface area (Å²) in [7, 11) is 0. The number of nitrogens with zero attached hydrogens (tertiary/aromatic N) is 2. The lowest BCUT2D eigenvalue weighted by atomic mass is 10.1. The third-order valence-corrected chi connectivity index (χ3v) is 4.05. The SMILES string of the molecule is Cc1cc2c(cc1N)N(Cc1cncs1)CC2. The molecule has 0 aliphatic carbocycles. The van der Waals surface area contributed by atoms with Crippen molar-refractivity contribution in [3.05, 3.63) is 39.8 Å². The van der Waals surface area contributed by atoms with E-state index in [1.54, 1.807) is 11.3 Å². The lowest BCUT2D eigenvalue weighted by Gasteiger charge is -2.19. The molecule has 2 N–H and O–H groups in total. The number of anilines is 2. The van der Waals surface area contributed by atoms with Gasteiger partial charge in [0.15, 0.2) is 0 Å². The first-order valence-corrected chi connectivity index (χ1v) is 6.63. The monoisotopic (exact) mass is 245 g/mol. The molecule has 1 aromatic carbocycles. The first kappa shape index (κ1) is 10.6. The smallest absolute Gasteiger partial charge is 0.0794 e. The molecule has 3 rings (SSSR count). The van der Waals surface area contributed by atoms with Crippen LogP contribution in [0.2, 0.25) is 0 Å². The van der Waals surface area contributed by atoms with E-state index in [0.29, 0.717) is 0 Å². The van der Waals surface area contributed by atoms with Gasteiger partial charge in [-0.05, 0) is 30.5 Å². The van der Waals surface area contributed by atoms with Crippen LogP contribution in [0.1, 0.15) is 16.0 Å². The van der Waals surface area contributed by atoms with Crippen molar-refractivity contribution in [1.82, 2.24) is 4.98 Å². The maximum atomic E-state index is 5.99. The van der Waals surface area contributed by atoms with Crippen LogP contribution in [0.5, 0.6) is 0 Å². The fourth-order valence-electron chi connectivity index (χ4n) is 2.32. The van der Waals surface area contributed by atoms with Crippen LogP contribution < -0.4 is 10.6 Å². The summed E-state index contributed by atoms with van der Waals surface area (Å²) < 4.78 is 0. The molecular weight excluding hydrogens is 230 g/mol. The molecule has 4 heteroatoms. The van der Waals surface area contributed by atoms with Crippen LogP contribution >= 0.6 is 11.3 Å². The zero-order valence-electron chi connectivity index (χ0n) is 9.81. The highest BCUT2D eigenvalue weighted by molar-refractivity contribution is 7.09. The Labute approximate surface area is 105 Å². The van der Waals surface area contributed by atoms with Crippen molar-refractivity contribution in [2.45, 2.75) is 19.9 Å². The summed E-state index contributed by atoms with van der Waals surface area (Å²) in [5.74, 6) is 0. The van der Waals surface area contributed by atoms with Crippen LogP contribution in [0.15, 0.2) is 23.8 Å². The molecule has 0 amide bonds. The van der Waals surface area contributed by atoms with Gasteiger partial charge in [-0.2, -0.15) is 0 Å². The molecule has 0 atom stereocenters. The lowest BCUT2D eigenvalue weighted by Crippen LogP contribution is -2.19. The number of nitrogens with two attached hydrogens (primary N) is 1. The lowest BCUT2D eigenvalue weighted by molar-refractivity contribution is 0.844. The summed E-state index contributed by atoms with van der Waals surface area (Å²) in [6.07, 6.45) is 3.06. The summed E-state index contributed by atoms with van der Waals surface area (Å²) in [6.45, 7) is 4.09. The number of hydrogen-bond acceptors (Lipinski definition) is 4. The third kappa shape index (κ3) is 1.89. The first-order valence-electron chi connectivity index (χ1n) is 5.75. The summed E-state index contributed by atoms with van der Waals surface area (Å²) in [5, 5.41) is 0. The molecule has 88 valence electrons. The topological polar surface area (TPSA) is 42.1 Å². The van der Waals surface area contributed by atoms with Gasteiger partial charge >= 0.3 is 0 Å². The van der Waals surface area contributed by atoms with Crippen molar-refractivity contribution in [3.8, 4) is 0 Å². The highest BCUT2D eigenvalue weighted by Crippen LogP contribution is 2.33. The predicted molar refractivity (Wildman–Crippen MR) is 72.5 cm³/mol. The fraction of sp³-hybridized carbons (Fsp3) is 0.308. The minimum Gasteiger partial charge on any atom is -0.398 e. The van der Waals surface area contributed by atoms with Gasteiger partial charge in [0.1, 0.15) is 0 Å². The van der Waals surface area contributed by atoms with E-state index in [4.69, 9.17) is 5.73 Å². The van der Waals surface area contributed by atoms with E-state index >= 15 is 0 Å². The van der Waals surface area contributed by atoms with E-state index < -0.39 is 0 Å². The van der Waals surface area contributed by atoms with E-state index in [1.165, 1.54) is 21.7 Å². The predicted octanol–water partition coefficient (Wildman–Crippen LogP) is 2.60. The molecule has 2 heterocycles. The molecule has 0 spiro atoms. The second kappa shape index (κ2) is 4.04. The van der Waals surface area contributed by atoms with Gasteiger partial charge in [0.05, 0.1) is 12.1 Å². The molecule has 0 saturated heterocycles. The van der Waals surface area contributed by atoms with Gasteiger partial charge in [0.2, 0.25) is 0 Å². The molecule has 0 bridgehead atoms. The number of rotatable bonds is 2. The Morgan fingerprint density at radius 2 is 2.35 bits per heavy atom. The van der Waals surface area contributed by atoms with Gasteiger partial charge < -0.3 is 10.6 Å². The van der Waals surface area contributed by atoms with Crippen LogP contribution in [0.4, 0.5) is 11.4 Å². The Balaban J connectivity index is 1.90. The fourth-order valence-corrected chi connectivity index (χ4v) is 2.92. The number of aryl methyl sites for hydroxylation is 1. The van der Waals surface area contributed by atoms with Gasteiger partial charge in [-0.3, -0.25) is 4.98 Å². The largest absolute Gasteiger partial charge is 0.398 e. The summed E-state index contributed by atoms with van der Waals surface area (Å²) >= 11 is 1.71. The zero-order chi connectivity index (χ0) is 11.8. The number of thiazole rings is 1. The molecule has 1 aromatic heterocycles. The van der Waals surface area contributed by atoms with Crippen molar-refractivity contribution in [1.29, 1.82) is 0 Å². The van der Waals surface area contributed by atoms with Crippen LogP contribution in [0.3, 0.4) is 0 Å². The van der Waals surface area contributed by atoms with Gasteiger partial charge in [0.25, 0.3) is 0 Å². The molecule has 0 radical (unpaired) electrons. The molecule has 0 saturated carbocycles. The van der Waals surface area contributed by atoms with Gasteiger partial charge in [-0.15, -0.1) is 11.3 Å². The molecule has 17 heavy (non-hydrogen) atoms. The molecule has 2 aromatic rings. The highest BCUT2D eigenvalue weighted by atomic mass is 32.1. The highest BCUT2D eigenvalue weighted by Gasteiger charge is 2.20. The number of fused-ring (bicyclic) bond motifs is 1. The van der Waals surface area contributed by atoms with Crippen LogP contribution in [-0.2, 0) is 13.0 Å². The third-order valence-electron chi connectivity index (χ3n) is 3.29. The molecule has 0 fully saturated rings. The normalized spacial score (nSPS) is 14.1. The van der Waals surface area contributed by atoms with Crippen LogP contribution in [0, 0.1) is 6.92 Å². The van der Waals surface area contributed by atoms with Crippen molar-refractivity contribution < 1.29 is 0 Å². The van der Waals surface area contributed by atoms with E-state index in [2.05, 4.69) is 28.9 Å². The molecule has 1 aliphatic rings. The van der Waals surface area contributed by atoms with Gasteiger partial charge in [-0.1, -0.05) is 6.07 Å². The van der Waals surface area contributed by atoms with Gasteiger partial charge in [0, 0.05) is 29.0 Å². The molecular formula is C13H15N3S. The number of hydrogen-bond donors (Lipinski definition) is 1. The number of aromatic nitrogens is 1. The summed E-state index contributed by atoms with van der Waals surface area (Å²) in [6, 6.07) is 4.33. The zero-order valence-corrected chi connectivity index (χ0v) is 10.6. The van der Waals surface area contributed by atoms with E-state index in [-0.39, 0.29) is 0 Å². The second-order valence-electron chi connectivity index (χ2n) is 4.48. The van der Waals surface area contributed by atoms with E-state index in [1.807, 2.05) is 11.7 Å². The maximum absolute atomic E-state index is 5.99. The van der Waals surface area contributed by atoms with E-state index in [0.717, 1.165) is 25.2 Å². The van der Waals surface area contributed by atoms with Crippen molar-refractivity contribution in [2.24, 2.45) is 0 Å². The van der Waals surface area contributed by atoms with Crippen LogP contribution in [0.25, 0.3) is 0 Å². The van der Waals surface area contributed by atoms with Crippen molar-refractivity contribution in [2.75, 3.05) is 17.2 Å². The standard InChI is InChI=1S/C13H15N3S/c1-9-4-10-2-3-16(13(10)5-12(9)14)7-11-6-15-8-17-11/h4-6,8H,2-3,7,14H2,1H3. The van der Waals surface area contributed by atoms with Gasteiger partial charge in [-0.25, -0.2) is 0 Å². The average Bonchev–Trinajstić information content (AvgIpc) is 2.92. The molecule has 0 unspecified atom stereocenters. The van der Waals surface area contributed by atoms with Crippen LogP contribution in [-0.4, -0.2) is 11.5 Å². The summed E-state index contributed by atoms with van der Waals surface area (Å²) in [4.78, 5) is 7.81. The van der Waals surface area contributed by atoms with Crippen molar-refractivity contribution in [3.63, 3.8) is 0 Å². The summed E-state index contributed by atoms with van der Waals surface area (Å²) in [5.41, 5.74) is 12.7. The first-order chi connectivity index (χ1) is 8.24. The minimum atomic E-state index is 0.889. The quantitative estimate of drug-likeness (QED) is 0.827. The Kier molecular flexibility index (Phi) is 2.52. The minimum absolute atomic E-state index is 0.889. The molecule has 1 aliphatic heterocycles. The average molecular weight is 245 g/mol.